The zero-order chi connectivity index (χ0) is 23.9. The number of hydrogen-bond acceptors (Lipinski definition) is 5. The molecule has 2 heterocycles. The van der Waals surface area contributed by atoms with Gasteiger partial charge in [0.15, 0.2) is 11.4 Å². The SMILES string of the molecule is CC(C)(O)CNc1cc(-c2ccc(F)cc2)nn2c(-c3ccc(C(=O)CC4CC4)cc3)cnc12. The van der Waals surface area contributed by atoms with E-state index in [4.69, 9.17) is 5.10 Å². The molecule has 0 radical (unpaired) electrons. The van der Waals surface area contributed by atoms with Crippen molar-refractivity contribution in [2.24, 2.45) is 5.92 Å². The average molecular weight is 459 g/mol. The highest BCUT2D eigenvalue weighted by molar-refractivity contribution is 5.96. The van der Waals surface area contributed by atoms with Crippen LogP contribution < -0.4 is 5.32 Å². The van der Waals surface area contributed by atoms with E-state index in [0.29, 0.717) is 35.9 Å². The smallest absolute Gasteiger partial charge is 0.177 e. The first-order valence-corrected chi connectivity index (χ1v) is 11.5. The number of rotatable bonds is 8. The van der Waals surface area contributed by atoms with Gasteiger partial charge in [-0.15, -0.1) is 0 Å². The molecule has 0 spiro atoms. The first kappa shape index (κ1) is 22.2. The summed E-state index contributed by atoms with van der Waals surface area (Å²) >= 11 is 0. The molecule has 7 heteroatoms. The predicted octanol–water partition coefficient (Wildman–Crippen LogP) is 5.37. The Labute approximate surface area is 197 Å². The molecule has 4 aromatic rings. The van der Waals surface area contributed by atoms with Gasteiger partial charge in [-0.05, 0) is 62.9 Å². The van der Waals surface area contributed by atoms with Crippen molar-refractivity contribution in [3.05, 3.63) is 72.2 Å². The van der Waals surface area contributed by atoms with Crippen LogP contribution in [0.2, 0.25) is 0 Å². The minimum atomic E-state index is -0.922. The number of anilines is 1. The molecule has 0 bridgehead atoms. The highest BCUT2D eigenvalue weighted by Crippen LogP contribution is 2.34. The molecule has 0 amide bonds. The lowest BCUT2D eigenvalue weighted by molar-refractivity contribution is 0.0944. The predicted molar refractivity (Wildman–Crippen MR) is 130 cm³/mol. The second-order valence-corrected chi connectivity index (χ2v) is 9.64. The van der Waals surface area contributed by atoms with Crippen molar-refractivity contribution < 1.29 is 14.3 Å². The Balaban J connectivity index is 1.55. The van der Waals surface area contributed by atoms with Crippen LogP contribution >= 0.6 is 0 Å². The van der Waals surface area contributed by atoms with E-state index in [-0.39, 0.29) is 11.6 Å². The van der Waals surface area contributed by atoms with E-state index in [9.17, 15) is 14.3 Å². The summed E-state index contributed by atoms with van der Waals surface area (Å²) in [6.07, 6.45) is 4.66. The average Bonchev–Trinajstić information content (AvgIpc) is 3.52. The zero-order valence-corrected chi connectivity index (χ0v) is 19.3. The Bertz CT molecular complexity index is 1330. The third kappa shape index (κ3) is 4.84. The van der Waals surface area contributed by atoms with Gasteiger partial charge in [-0.2, -0.15) is 5.10 Å². The van der Waals surface area contributed by atoms with Crippen LogP contribution in [0.4, 0.5) is 10.1 Å². The van der Waals surface area contributed by atoms with Crippen molar-refractivity contribution in [2.45, 2.75) is 38.7 Å². The second-order valence-electron chi connectivity index (χ2n) is 9.64. The minimum absolute atomic E-state index is 0.182. The third-order valence-electron chi connectivity index (χ3n) is 5.99. The van der Waals surface area contributed by atoms with Crippen LogP contribution in [-0.4, -0.2) is 37.6 Å². The number of nitrogens with zero attached hydrogens (tertiary/aromatic N) is 3. The largest absolute Gasteiger partial charge is 0.389 e. The van der Waals surface area contributed by atoms with Gasteiger partial charge in [0.2, 0.25) is 0 Å². The molecular weight excluding hydrogens is 431 g/mol. The van der Waals surface area contributed by atoms with Crippen molar-refractivity contribution in [1.82, 2.24) is 14.6 Å². The number of ketones is 1. The number of fused-ring (bicyclic) bond motifs is 1. The molecule has 2 aromatic heterocycles. The maximum atomic E-state index is 13.5. The lowest BCUT2D eigenvalue weighted by Gasteiger charge is -2.19. The topological polar surface area (TPSA) is 79.5 Å². The van der Waals surface area contributed by atoms with Crippen molar-refractivity contribution in [3.63, 3.8) is 0 Å². The van der Waals surface area contributed by atoms with Gasteiger partial charge in [0.05, 0.1) is 28.9 Å². The summed E-state index contributed by atoms with van der Waals surface area (Å²) in [5.41, 5.74) is 4.17. The van der Waals surface area contributed by atoms with E-state index in [2.05, 4.69) is 10.3 Å². The van der Waals surface area contributed by atoms with Gasteiger partial charge in [-0.25, -0.2) is 13.9 Å². The van der Waals surface area contributed by atoms with E-state index in [1.54, 1.807) is 36.7 Å². The van der Waals surface area contributed by atoms with Crippen LogP contribution in [0.3, 0.4) is 0 Å². The maximum Gasteiger partial charge on any atom is 0.177 e. The number of halogens is 1. The van der Waals surface area contributed by atoms with Gasteiger partial charge < -0.3 is 10.4 Å². The molecule has 1 aliphatic rings. The lowest BCUT2D eigenvalue weighted by Crippen LogP contribution is -2.29. The molecule has 1 fully saturated rings. The van der Waals surface area contributed by atoms with E-state index in [0.717, 1.165) is 35.2 Å². The normalized spacial score (nSPS) is 13.9. The van der Waals surface area contributed by atoms with Gasteiger partial charge >= 0.3 is 0 Å². The fourth-order valence-electron chi connectivity index (χ4n) is 3.90. The lowest BCUT2D eigenvalue weighted by atomic mass is 10.0. The summed E-state index contributed by atoms with van der Waals surface area (Å²) < 4.78 is 15.2. The summed E-state index contributed by atoms with van der Waals surface area (Å²) in [6, 6.07) is 15.6. The molecule has 0 unspecified atom stereocenters. The number of benzene rings is 2. The van der Waals surface area contributed by atoms with Crippen LogP contribution in [0.15, 0.2) is 60.8 Å². The molecule has 0 saturated heterocycles. The Morgan fingerprint density at radius 2 is 1.79 bits per heavy atom. The molecule has 5 rings (SSSR count). The Hall–Kier alpha value is -3.58. The standard InChI is InChI=1S/C27H27FN4O2/c1-27(2,34)16-30-23-14-22(18-9-11-21(28)12-10-18)31-32-24(15-29-26(23)32)19-5-7-20(8-6-19)25(33)13-17-3-4-17/h5-12,14-15,17,30,34H,3-4,13,16H2,1-2H3. The molecule has 1 aliphatic carbocycles. The number of Topliss-reactive ketones (excluding diaryl/α,β-unsaturated/α-hetero) is 1. The fraction of sp³-hybridized carbons (Fsp3) is 0.296. The number of aromatic nitrogens is 3. The molecule has 6 nitrogen and oxygen atoms in total. The Morgan fingerprint density at radius 1 is 1.12 bits per heavy atom. The molecule has 0 aliphatic heterocycles. The number of carbonyl (C=O) groups excluding carboxylic acids is 1. The maximum absolute atomic E-state index is 13.5. The fourth-order valence-corrected chi connectivity index (χ4v) is 3.90. The van der Waals surface area contributed by atoms with Crippen LogP contribution in [0, 0.1) is 11.7 Å². The highest BCUT2D eigenvalue weighted by atomic mass is 19.1. The summed E-state index contributed by atoms with van der Waals surface area (Å²) in [4.78, 5) is 17.0. The van der Waals surface area contributed by atoms with Crippen LogP contribution in [0.25, 0.3) is 28.2 Å². The molecule has 0 atom stereocenters. The van der Waals surface area contributed by atoms with Crippen molar-refractivity contribution in [2.75, 3.05) is 11.9 Å². The number of nitrogens with one attached hydrogen (secondary N) is 1. The van der Waals surface area contributed by atoms with E-state index >= 15 is 0 Å². The monoisotopic (exact) mass is 458 g/mol. The first-order valence-electron chi connectivity index (χ1n) is 11.5. The summed E-state index contributed by atoms with van der Waals surface area (Å²) in [7, 11) is 0. The molecular formula is C27H27FN4O2. The van der Waals surface area contributed by atoms with Crippen molar-refractivity contribution >= 4 is 17.1 Å². The number of aliphatic hydroxyl groups is 1. The van der Waals surface area contributed by atoms with Crippen molar-refractivity contribution in [3.8, 4) is 22.5 Å². The van der Waals surface area contributed by atoms with Crippen LogP contribution in [0.1, 0.15) is 43.5 Å². The number of hydrogen-bond donors (Lipinski definition) is 2. The van der Waals surface area contributed by atoms with Gasteiger partial charge in [0, 0.05) is 29.7 Å². The third-order valence-corrected chi connectivity index (χ3v) is 5.99. The van der Waals surface area contributed by atoms with Crippen LogP contribution in [0.5, 0.6) is 0 Å². The molecule has 2 aromatic carbocycles. The summed E-state index contributed by atoms with van der Waals surface area (Å²) in [6.45, 7) is 3.76. The van der Waals surface area contributed by atoms with Crippen molar-refractivity contribution in [1.29, 1.82) is 0 Å². The zero-order valence-electron chi connectivity index (χ0n) is 19.3. The van der Waals surface area contributed by atoms with E-state index in [1.165, 1.54) is 12.1 Å². The second kappa shape index (κ2) is 8.65. The Morgan fingerprint density at radius 3 is 2.44 bits per heavy atom. The van der Waals surface area contributed by atoms with Gasteiger partial charge in [-0.1, -0.05) is 24.3 Å². The van der Waals surface area contributed by atoms with E-state index in [1.807, 2.05) is 30.3 Å². The minimum Gasteiger partial charge on any atom is -0.389 e. The number of carbonyl (C=O) groups is 1. The van der Waals surface area contributed by atoms with E-state index < -0.39 is 5.60 Å². The van der Waals surface area contributed by atoms with Gasteiger partial charge in [-0.3, -0.25) is 4.79 Å². The van der Waals surface area contributed by atoms with Gasteiger partial charge in [0.25, 0.3) is 0 Å². The molecule has 34 heavy (non-hydrogen) atoms. The van der Waals surface area contributed by atoms with Crippen LogP contribution in [-0.2, 0) is 0 Å². The van der Waals surface area contributed by atoms with Gasteiger partial charge in [0.1, 0.15) is 5.82 Å². The molecule has 1 saturated carbocycles. The number of imidazole rings is 1. The first-order chi connectivity index (χ1) is 16.3. The summed E-state index contributed by atoms with van der Waals surface area (Å²) in [5, 5.41) is 18.3. The molecule has 2 N–H and O–H groups in total. The summed E-state index contributed by atoms with van der Waals surface area (Å²) in [5.74, 6) is 0.418. The highest BCUT2D eigenvalue weighted by Gasteiger charge is 2.25. The Kier molecular flexibility index (Phi) is 5.65. The molecule has 174 valence electrons. The quantitative estimate of drug-likeness (QED) is 0.347.